The fourth-order valence-corrected chi connectivity index (χ4v) is 4.27. The van der Waals surface area contributed by atoms with Gasteiger partial charge in [-0.05, 0) is 45.4 Å². The van der Waals surface area contributed by atoms with Crippen LogP contribution in [0.5, 0.6) is 0 Å². The van der Waals surface area contributed by atoms with Crippen LogP contribution in [0, 0.1) is 20.8 Å². The van der Waals surface area contributed by atoms with Crippen molar-refractivity contribution in [1.29, 1.82) is 0 Å². The van der Waals surface area contributed by atoms with Crippen molar-refractivity contribution in [3.63, 3.8) is 0 Å². The number of fused-ring (bicyclic) bond motifs is 1. The normalized spacial score (nSPS) is 12.8. The fraction of sp³-hybridized carbons (Fsp3) is 0.333. The number of rotatable bonds is 3. The third-order valence-electron chi connectivity index (χ3n) is 3.22. The Balaban J connectivity index is 1.87. The van der Waals surface area contributed by atoms with Gasteiger partial charge in [0, 0.05) is 4.88 Å². The number of anilines is 1. The van der Waals surface area contributed by atoms with Gasteiger partial charge >= 0.3 is 0 Å². The lowest BCUT2D eigenvalue weighted by Gasteiger charge is -2.11. The molecule has 1 N–H and O–H groups in total. The number of benzene rings is 1. The van der Waals surface area contributed by atoms with Crippen LogP contribution in [0.1, 0.15) is 34.1 Å². The summed E-state index contributed by atoms with van der Waals surface area (Å²) >= 11 is 3.46. The number of hydrogen-bond donors (Lipinski definition) is 1. The van der Waals surface area contributed by atoms with Crippen molar-refractivity contribution in [2.45, 2.75) is 33.7 Å². The predicted molar refractivity (Wildman–Crippen MR) is 88.0 cm³/mol. The molecule has 3 nitrogen and oxygen atoms in total. The predicted octanol–water partition coefficient (Wildman–Crippen LogP) is 4.85. The second-order valence-corrected chi connectivity index (χ2v) is 7.30. The lowest BCUT2D eigenvalue weighted by molar-refractivity contribution is 0.888. The highest BCUT2D eigenvalue weighted by Crippen LogP contribution is 2.31. The average Bonchev–Trinajstić information content (AvgIpc) is 2.91. The van der Waals surface area contributed by atoms with Gasteiger partial charge in [-0.1, -0.05) is 17.4 Å². The van der Waals surface area contributed by atoms with Crippen molar-refractivity contribution in [1.82, 2.24) is 9.97 Å². The molecule has 5 heteroatoms. The van der Waals surface area contributed by atoms with Gasteiger partial charge in [0.05, 0.1) is 27.0 Å². The number of aryl methyl sites for hydroxylation is 3. The van der Waals surface area contributed by atoms with Crippen LogP contribution in [-0.4, -0.2) is 9.97 Å². The summed E-state index contributed by atoms with van der Waals surface area (Å²) in [5.41, 5.74) is 3.45. The van der Waals surface area contributed by atoms with E-state index in [1.54, 1.807) is 22.7 Å². The first-order valence-electron chi connectivity index (χ1n) is 6.60. The van der Waals surface area contributed by atoms with E-state index in [0.29, 0.717) is 0 Å². The van der Waals surface area contributed by atoms with Crippen molar-refractivity contribution in [2.75, 3.05) is 5.32 Å². The maximum atomic E-state index is 4.65. The molecule has 2 aromatic heterocycles. The maximum absolute atomic E-state index is 4.65. The monoisotopic (exact) mass is 303 g/mol. The molecule has 0 aliphatic carbocycles. The fourth-order valence-electron chi connectivity index (χ4n) is 2.29. The van der Waals surface area contributed by atoms with Crippen molar-refractivity contribution < 1.29 is 0 Å². The zero-order valence-corrected chi connectivity index (χ0v) is 13.7. The van der Waals surface area contributed by atoms with E-state index in [2.05, 4.69) is 54.3 Å². The third kappa shape index (κ3) is 2.55. The van der Waals surface area contributed by atoms with Crippen molar-refractivity contribution in [3.8, 4) is 0 Å². The first-order chi connectivity index (χ1) is 9.52. The van der Waals surface area contributed by atoms with E-state index < -0.39 is 0 Å². The molecule has 0 bridgehead atoms. The lowest BCUT2D eigenvalue weighted by atomic mass is 10.2. The smallest absolute Gasteiger partial charge is 0.184 e. The Bertz CT molecular complexity index is 758. The van der Waals surface area contributed by atoms with E-state index in [1.807, 2.05) is 6.92 Å². The van der Waals surface area contributed by atoms with Gasteiger partial charge in [-0.25, -0.2) is 9.97 Å². The quantitative estimate of drug-likeness (QED) is 0.751. The third-order valence-corrected chi connectivity index (χ3v) is 5.42. The van der Waals surface area contributed by atoms with E-state index in [0.717, 1.165) is 21.3 Å². The van der Waals surface area contributed by atoms with E-state index in [-0.39, 0.29) is 6.04 Å². The van der Waals surface area contributed by atoms with Crippen molar-refractivity contribution >= 4 is 38.0 Å². The molecule has 0 aliphatic rings. The van der Waals surface area contributed by atoms with E-state index in [9.17, 15) is 0 Å². The molecule has 0 radical (unpaired) electrons. The molecule has 104 valence electrons. The van der Waals surface area contributed by atoms with Crippen LogP contribution in [-0.2, 0) is 0 Å². The van der Waals surface area contributed by atoms with Crippen LogP contribution in [0.3, 0.4) is 0 Å². The Morgan fingerprint density at radius 1 is 1.10 bits per heavy atom. The second-order valence-electron chi connectivity index (χ2n) is 5.04. The SMILES string of the molecule is Cc1ccc2nc(NC(C)c3sc(C)nc3C)sc2c1. The number of thiazole rings is 2. The van der Waals surface area contributed by atoms with Crippen LogP contribution in [0.4, 0.5) is 5.13 Å². The highest BCUT2D eigenvalue weighted by Gasteiger charge is 2.14. The maximum Gasteiger partial charge on any atom is 0.184 e. The molecule has 1 atom stereocenters. The number of nitrogens with one attached hydrogen (secondary N) is 1. The second kappa shape index (κ2) is 5.14. The first kappa shape index (κ1) is 13.5. The molecule has 3 rings (SSSR count). The van der Waals surface area contributed by atoms with E-state index in [4.69, 9.17) is 0 Å². The highest BCUT2D eigenvalue weighted by atomic mass is 32.1. The van der Waals surface area contributed by atoms with E-state index in [1.165, 1.54) is 15.1 Å². The Hall–Kier alpha value is -1.46. The molecular formula is C15H17N3S2. The Kier molecular flexibility index (Phi) is 3.48. The van der Waals surface area contributed by atoms with Crippen molar-refractivity contribution in [3.05, 3.63) is 39.3 Å². The van der Waals surface area contributed by atoms with Gasteiger partial charge in [0.2, 0.25) is 0 Å². The molecule has 0 saturated carbocycles. The van der Waals surface area contributed by atoms with E-state index >= 15 is 0 Å². The summed E-state index contributed by atoms with van der Waals surface area (Å²) in [5.74, 6) is 0. The molecule has 0 spiro atoms. The molecule has 0 amide bonds. The summed E-state index contributed by atoms with van der Waals surface area (Å²) < 4.78 is 1.23. The number of hydrogen-bond acceptors (Lipinski definition) is 5. The zero-order valence-electron chi connectivity index (χ0n) is 12.0. The molecule has 0 aliphatic heterocycles. The summed E-state index contributed by atoms with van der Waals surface area (Å²) in [6.07, 6.45) is 0. The Labute approximate surface area is 126 Å². The van der Waals surface area contributed by atoms with Gasteiger partial charge in [-0.3, -0.25) is 0 Å². The molecular weight excluding hydrogens is 286 g/mol. The Morgan fingerprint density at radius 2 is 1.90 bits per heavy atom. The first-order valence-corrected chi connectivity index (χ1v) is 8.24. The molecule has 0 fully saturated rings. The summed E-state index contributed by atoms with van der Waals surface area (Å²) in [6.45, 7) is 8.39. The summed E-state index contributed by atoms with van der Waals surface area (Å²) in [6, 6.07) is 6.61. The minimum Gasteiger partial charge on any atom is -0.354 e. The van der Waals surface area contributed by atoms with Gasteiger partial charge in [-0.15, -0.1) is 11.3 Å². The van der Waals surface area contributed by atoms with Gasteiger partial charge in [-0.2, -0.15) is 0 Å². The summed E-state index contributed by atoms with van der Waals surface area (Å²) in [4.78, 5) is 10.4. The molecule has 3 aromatic rings. The minimum absolute atomic E-state index is 0.239. The van der Waals surface area contributed by atoms with Crippen LogP contribution in [0.25, 0.3) is 10.2 Å². The molecule has 1 unspecified atom stereocenters. The average molecular weight is 303 g/mol. The van der Waals surface area contributed by atoms with Crippen LogP contribution in [0.15, 0.2) is 18.2 Å². The standard InChI is InChI=1S/C15H17N3S2/c1-8-5-6-12-13(7-8)20-15(18-12)17-10(3)14-9(2)16-11(4)19-14/h5-7,10H,1-4H3,(H,17,18). The number of aromatic nitrogens is 2. The van der Waals surface area contributed by atoms with Crippen LogP contribution < -0.4 is 5.32 Å². The molecule has 2 heterocycles. The largest absolute Gasteiger partial charge is 0.354 e. The van der Waals surface area contributed by atoms with Gasteiger partial charge < -0.3 is 5.32 Å². The molecule has 1 aromatic carbocycles. The van der Waals surface area contributed by atoms with Gasteiger partial charge in [0.1, 0.15) is 0 Å². The number of nitrogens with zero attached hydrogens (tertiary/aromatic N) is 2. The summed E-state index contributed by atoms with van der Waals surface area (Å²) in [7, 11) is 0. The lowest BCUT2D eigenvalue weighted by Crippen LogP contribution is -2.05. The topological polar surface area (TPSA) is 37.8 Å². The van der Waals surface area contributed by atoms with Gasteiger partial charge in [0.15, 0.2) is 5.13 Å². The van der Waals surface area contributed by atoms with Crippen LogP contribution >= 0.6 is 22.7 Å². The highest BCUT2D eigenvalue weighted by molar-refractivity contribution is 7.22. The van der Waals surface area contributed by atoms with Crippen molar-refractivity contribution in [2.24, 2.45) is 0 Å². The van der Waals surface area contributed by atoms with Crippen LogP contribution in [0.2, 0.25) is 0 Å². The Morgan fingerprint density at radius 3 is 2.60 bits per heavy atom. The van der Waals surface area contributed by atoms with Gasteiger partial charge in [0.25, 0.3) is 0 Å². The summed E-state index contributed by atoms with van der Waals surface area (Å²) in [5, 5.41) is 5.59. The zero-order chi connectivity index (χ0) is 14.3. The minimum atomic E-state index is 0.239. The molecule has 20 heavy (non-hydrogen) atoms. The molecule has 0 saturated heterocycles.